The minimum atomic E-state index is -0.535. The standard InChI is InChI=1S/C18H20N2O3/c1-4-13-9-6-8-12(3)16(13)20-17(21)14-10-7-11-15(19-14)18(22)23-5-2/h6-11H,4-5H2,1-3H3,(H,20,21). The van der Waals surface area contributed by atoms with Gasteiger partial charge >= 0.3 is 5.97 Å². The maximum atomic E-state index is 12.4. The van der Waals surface area contributed by atoms with Gasteiger partial charge in [-0.05, 0) is 43.5 Å². The van der Waals surface area contributed by atoms with Crippen LogP contribution < -0.4 is 5.32 Å². The molecule has 1 amide bonds. The van der Waals surface area contributed by atoms with Crippen LogP contribution in [0.4, 0.5) is 5.69 Å². The predicted molar refractivity (Wildman–Crippen MR) is 88.7 cm³/mol. The molecule has 0 unspecified atom stereocenters. The molecule has 0 atom stereocenters. The molecule has 2 aromatic rings. The smallest absolute Gasteiger partial charge is 0.356 e. The number of aromatic nitrogens is 1. The Kier molecular flexibility index (Phi) is 5.46. The van der Waals surface area contributed by atoms with Crippen LogP contribution in [0.5, 0.6) is 0 Å². The molecule has 0 saturated carbocycles. The van der Waals surface area contributed by atoms with Crippen molar-refractivity contribution in [2.45, 2.75) is 27.2 Å². The highest BCUT2D eigenvalue weighted by Crippen LogP contribution is 2.21. The van der Waals surface area contributed by atoms with Gasteiger partial charge in [0, 0.05) is 5.69 Å². The number of hydrogen-bond donors (Lipinski definition) is 1. The summed E-state index contributed by atoms with van der Waals surface area (Å²) in [5, 5.41) is 2.89. The first-order chi connectivity index (χ1) is 11.1. The first-order valence-corrected chi connectivity index (χ1v) is 7.60. The molecule has 0 aliphatic rings. The van der Waals surface area contributed by atoms with Gasteiger partial charge in [-0.3, -0.25) is 4.79 Å². The van der Waals surface area contributed by atoms with E-state index in [0.717, 1.165) is 23.2 Å². The fraction of sp³-hybridized carbons (Fsp3) is 0.278. The molecule has 1 aromatic carbocycles. The molecule has 0 spiro atoms. The molecule has 0 radical (unpaired) electrons. The number of carbonyl (C=O) groups is 2. The largest absolute Gasteiger partial charge is 0.461 e. The van der Waals surface area contributed by atoms with Crippen molar-refractivity contribution in [3.63, 3.8) is 0 Å². The SMILES string of the molecule is CCOC(=O)c1cccc(C(=O)Nc2c(C)cccc2CC)n1. The second kappa shape index (κ2) is 7.54. The Bertz CT molecular complexity index is 726. The number of hydrogen-bond acceptors (Lipinski definition) is 4. The quantitative estimate of drug-likeness (QED) is 0.859. The number of aryl methyl sites for hydroxylation is 2. The summed E-state index contributed by atoms with van der Waals surface area (Å²) in [6.45, 7) is 5.96. The number of benzene rings is 1. The van der Waals surface area contributed by atoms with Crippen LogP contribution in [-0.2, 0) is 11.2 Å². The number of carbonyl (C=O) groups excluding carboxylic acids is 2. The van der Waals surface area contributed by atoms with Gasteiger partial charge in [-0.15, -0.1) is 0 Å². The fourth-order valence-electron chi connectivity index (χ4n) is 2.26. The molecular weight excluding hydrogens is 292 g/mol. The molecule has 0 bridgehead atoms. The summed E-state index contributed by atoms with van der Waals surface area (Å²) < 4.78 is 4.90. The maximum Gasteiger partial charge on any atom is 0.356 e. The number of nitrogens with zero attached hydrogens (tertiary/aromatic N) is 1. The molecule has 5 nitrogen and oxygen atoms in total. The first-order valence-electron chi connectivity index (χ1n) is 7.60. The maximum absolute atomic E-state index is 12.4. The van der Waals surface area contributed by atoms with Gasteiger partial charge in [-0.2, -0.15) is 0 Å². The molecular formula is C18H20N2O3. The minimum absolute atomic E-state index is 0.125. The van der Waals surface area contributed by atoms with Crippen molar-refractivity contribution >= 4 is 17.6 Å². The Morgan fingerprint density at radius 3 is 2.48 bits per heavy atom. The second-order valence-corrected chi connectivity index (χ2v) is 5.05. The number of rotatable bonds is 5. The summed E-state index contributed by atoms with van der Waals surface area (Å²) in [5.74, 6) is -0.882. The topological polar surface area (TPSA) is 68.3 Å². The average Bonchev–Trinajstić information content (AvgIpc) is 2.57. The predicted octanol–water partition coefficient (Wildman–Crippen LogP) is 3.38. The summed E-state index contributed by atoms with van der Waals surface area (Å²) in [6, 6.07) is 10.6. The third kappa shape index (κ3) is 3.94. The molecule has 1 heterocycles. The van der Waals surface area contributed by atoms with E-state index in [2.05, 4.69) is 10.3 Å². The lowest BCUT2D eigenvalue weighted by atomic mass is 10.1. The normalized spacial score (nSPS) is 10.2. The number of esters is 1. The van der Waals surface area contributed by atoms with Crippen LogP contribution in [0.3, 0.4) is 0 Å². The molecule has 0 fully saturated rings. The fourth-order valence-corrected chi connectivity index (χ4v) is 2.26. The number of anilines is 1. The van der Waals surface area contributed by atoms with Crippen molar-refractivity contribution in [3.8, 4) is 0 Å². The van der Waals surface area contributed by atoms with E-state index in [1.165, 1.54) is 6.07 Å². The summed E-state index contributed by atoms with van der Waals surface area (Å²) >= 11 is 0. The van der Waals surface area contributed by atoms with Gasteiger partial charge in [-0.1, -0.05) is 31.2 Å². The van der Waals surface area contributed by atoms with Gasteiger partial charge < -0.3 is 10.1 Å². The van der Waals surface area contributed by atoms with Crippen LogP contribution in [-0.4, -0.2) is 23.5 Å². The zero-order valence-corrected chi connectivity index (χ0v) is 13.6. The van der Waals surface area contributed by atoms with Gasteiger partial charge in [0.15, 0.2) is 0 Å². The Morgan fingerprint density at radius 2 is 1.78 bits per heavy atom. The lowest BCUT2D eigenvalue weighted by Crippen LogP contribution is -2.17. The van der Waals surface area contributed by atoms with Crippen LogP contribution in [0.2, 0.25) is 0 Å². The van der Waals surface area contributed by atoms with Crippen LogP contribution in [0.15, 0.2) is 36.4 Å². The lowest BCUT2D eigenvalue weighted by Gasteiger charge is -2.13. The van der Waals surface area contributed by atoms with E-state index < -0.39 is 5.97 Å². The highest BCUT2D eigenvalue weighted by molar-refractivity contribution is 6.04. The van der Waals surface area contributed by atoms with E-state index in [1.807, 2.05) is 32.0 Å². The first kappa shape index (κ1) is 16.7. The number of nitrogens with one attached hydrogen (secondary N) is 1. The second-order valence-electron chi connectivity index (χ2n) is 5.05. The minimum Gasteiger partial charge on any atom is -0.461 e. The van der Waals surface area contributed by atoms with Gasteiger partial charge in [-0.25, -0.2) is 9.78 Å². The van der Waals surface area contributed by atoms with E-state index >= 15 is 0 Å². The Labute approximate surface area is 135 Å². The van der Waals surface area contributed by atoms with Gasteiger partial charge in [0.05, 0.1) is 6.61 Å². The number of para-hydroxylation sites is 1. The third-order valence-electron chi connectivity index (χ3n) is 3.44. The monoisotopic (exact) mass is 312 g/mol. The Morgan fingerprint density at radius 1 is 1.09 bits per heavy atom. The van der Waals surface area contributed by atoms with Crippen molar-refractivity contribution in [1.29, 1.82) is 0 Å². The highest BCUT2D eigenvalue weighted by Gasteiger charge is 2.15. The van der Waals surface area contributed by atoms with Gasteiger partial charge in [0.25, 0.3) is 5.91 Å². The van der Waals surface area contributed by atoms with Crippen molar-refractivity contribution in [2.24, 2.45) is 0 Å². The number of ether oxygens (including phenoxy) is 1. The highest BCUT2D eigenvalue weighted by atomic mass is 16.5. The van der Waals surface area contributed by atoms with Gasteiger partial charge in [0.1, 0.15) is 11.4 Å². The van der Waals surface area contributed by atoms with Gasteiger partial charge in [0.2, 0.25) is 0 Å². The number of amides is 1. The molecule has 120 valence electrons. The molecule has 2 rings (SSSR count). The Balaban J connectivity index is 2.25. The zero-order chi connectivity index (χ0) is 16.8. The summed E-state index contributed by atoms with van der Waals surface area (Å²) in [6.07, 6.45) is 0.813. The summed E-state index contributed by atoms with van der Waals surface area (Å²) in [4.78, 5) is 28.2. The van der Waals surface area contributed by atoms with E-state index in [0.29, 0.717) is 0 Å². The molecule has 23 heavy (non-hydrogen) atoms. The third-order valence-corrected chi connectivity index (χ3v) is 3.44. The van der Waals surface area contributed by atoms with Crippen LogP contribution in [0, 0.1) is 6.92 Å². The van der Waals surface area contributed by atoms with Crippen molar-refractivity contribution in [1.82, 2.24) is 4.98 Å². The van der Waals surface area contributed by atoms with E-state index in [1.54, 1.807) is 19.1 Å². The van der Waals surface area contributed by atoms with Crippen LogP contribution in [0.1, 0.15) is 46.0 Å². The van der Waals surface area contributed by atoms with Crippen LogP contribution in [0.25, 0.3) is 0 Å². The van der Waals surface area contributed by atoms with Crippen LogP contribution >= 0.6 is 0 Å². The Hall–Kier alpha value is -2.69. The molecule has 5 heteroatoms. The molecule has 1 N–H and O–H groups in total. The lowest BCUT2D eigenvalue weighted by molar-refractivity contribution is 0.0519. The number of pyridine rings is 1. The van der Waals surface area contributed by atoms with Crippen molar-refractivity contribution < 1.29 is 14.3 Å². The van der Waals surface area contributed by atoms with E-state index in [-0.39, 0.29) is 23.9 Å². The van der Waals surface area contributed by atoms with Crippen molar-refractivity contribution in [2.75, 3.05) is 11.9 Å². The molecule has 1 aromatic heterocycles. The summed E-state index contributed by atoms with van der Waals surface area (Å²) in [7, 11) is 0. The molecule has 0 aliphatic carbocycles. The van der Waals surface area contributed by atoms with Crippen molar-refractivity contribution in [3.05, 3.63) is 58.9 Å². The van der Waals surface area contributed by atoms with E-state index in [9.17, 15) is 9.59 Å². The summed E-state index contributed by atoms with van der Waals surface area (Å²) in [5.41, 5.74) is 3.14. The molecule has 0 aliphatic heterocycles. The van der Waals surface area contributed by atoms with E-state index in [4.69, 9.17) is 4.74 Å². The zero-order valence-electron chi connectivity index (χ0n) is 13.6. The molecule has 0 saturated heterocycles. The average molecular weight is 312 g/mol.